The highest BCUT2D eigenvalue weighted by Gasteiger charge is 2.15. The van der Waals surface area contributed by atoms with E-state index in [1.807, 2.05) is 34.0 Å². The molecule has 3 aromatic heterocycles. The maximum absolute atomic E-state index is 5.75. The van der Waals surface area contributed by atoms with Gasteiger partial charge in [0.2, 0.25) is 0 Å². The van der Waals surface area contributed by atoms with E-state index in [9.17, 15) is 0 Å². The van der Waals surface area contributed by atoms with Crippen LogP contribution in [0.1, 0.15) is 72.9 Å². The lowest BCUT2D eigenvalue weighted by Crippen LogP contribution is -1.87. The lowest BCUT2D eigenvalue weighted by atomic mass is 10.1. The standard InChI is InChI=1S/C26H32OS3/c1-3-4-5-6-7-8-9-10-13-19-16-23-24(28-19)17-20(29-23)18-25-26(27-2)21-14-11-12-15-22(21)30-25/h11-12,14-17H,3-10,13,18H2,1-2H3. The summed E-state index contributed by atoms with van der Waals surface area (Å²) in [5.74, 6) is 1.06. The topological polar surface area (TPSA) is 9.23 Å². The Balaban J connectivity index is 1.32. The van der Waals surface area contributed by atoms with Crippen molar-refractivity contribution < 1.29 is 4.74 Å². The molecule has 4 heteroatoms. The first-order valence-electron chi connectivity index (χ1n) is 11.3. The van der Waals surface area contributed by atoms with Crippen LogP contribution in [0.15, 0.2) is 36.4 Å². The van der Waals surface area contributed by atoms with E-state index in [1.54, 1.807) is 12.0 Å². The highest BCUT2D eigenvalue weighted by atomic mass is 32.1. The van der Waals surface area contributed by atoms with Crippen LogP contribution in [0.5, 0.6) is 5.75 Å². The second-order valence-corrected chi connectivity index (χ2v) is 11.6. The number of unbranched alkanes of at least 4 members (excludes halogenated alkanes) is 7. The summed E-state index contributed by atoms with van der Waals surface area (Å²) in [4.78, 5) is 4.35. The number of methoxy groups -OCH3 is 1. The van der Waals surface area contributed by atoms with E-state index in [4.69, 9.17) is 4.74 Å². The second-order valence-electron chi connectivity index (χ2n) is 8.11. The van der Waals surface area contributed by atoms with Crippen molar-refractivity contribution in [1.29, 1.82) is 0 Å². The van der Waals surface area contributed by atoms with E-state index < -0.39 is 0 Å². The number of hydrogen-bond donors (Lipinski definition) is 0. The molecule has 0 radical (unpaired) electrons. The van der Waals surface area contributed by atoms with Crippen molar-refractivity contribution in [2.75, 3.05) is 7.11 Å². The van der Waals surface area contributed by atoms with Gasteiger partial charge in [-0.3, -0.25) is 0 Å². The van der Waals surface area contributed by atoms with Crippen LogP contribution in [-0.2, 0) is 12.8 Å². The zero-order chi connectivity index (χ0) is 20.8. The van der Waals surface area contributed by atoms with Crippen LogP contribution in [0.25, 0.3) is 19.5 Å². The van der Waals surface area contributed by atoms with Crippen molar-refractivity contribution in [3.8, 4) is 5.75 Å². The van der Waals surface area contributed by atoms with Gasteiger partial charge in [-0.2, -0.15) is 0 Å². The van der Waals surface area contributed by atoms with Gasteiger partial charge < -0.3 is 4.74 Å². The van der Waals surface area contributed by atoms with Gasteiger partial charge in [0, 0.05) is 35.7 Å². The maximum atomic E-state index is 5.75. The van der Waals surface area contributed by atoms with Crippen molar-refractivity contribution in [3.05, 3.63) is 51.0 Å². The van der Waals surface area contributed by atoms with Crippen LogP contribution in [0.3, 0.4) is 0 Å². The van der Waals surface area contributed by atoms with Gasteiger partial charge in [-0.15, -0.1) is 34.0 Å². The molecule has 0 unspecified atom stereocenters. The smallest absolute Gasteiger partial charge is 0.140 e. The fraction of sp³-hybridized carbons (Fsp3) is 0.462. The highest BCUT2D eigenvalue weighted by molar-refractivity contribution is 7.28. The van der Waals surface area contributed by atoms with Crippen LogP contribution in [-0.4, -0.2) is 7.11 Å². The molecule has 0 aliphatic carbocycles. The zero-order valence-electron chi connectivity index (χ0n) is 18.2. The van der Waals surface area contributed by atoms with Crippen molar-refractivity contribution in [1.82, 2.24) is 0 Å². The summed E-state index contributed by atoms with van der Waals surface area (Å²) < 4.78 is 9.99. The predicted octanol–water partition coefficient (Wildman–Crippen LogP) is 9.46. The monoisotopic (exact) mass is 456 g/mol. The number of benzene rings is 1. The Morgan fingerprint density at radius 3 is 2.17 bits per heavy atom. The van der Waals surface area contributed by atoms with Gasteiger partial charge in [0.1, 0.15) is 5.75 Å². The van der Waals surface area contributed by atoms with Crippen LogP contribution in [0.4, 0.5) is 0 Å². The number of hydrogen-bond acceptors (Lipinski definition) is 4. The van der Waals surface area contributed by atoms with E-state index in [0.717, 1.165) is 12.2 Å². The van der Waals surface area contributed by atoms with Gasteiger partial charge in [0.25, 0.3) is 0 Å². The molecular formula is C26H32OS3. The summed E-state index contributed by atoms with van der Waals surface area (Å²) >= 11 is 5.83. The van der Waals surface area contributed by atoms with Gasteiger partial charge in [-0.25, -0.2) is 0 Å². The van der Waals surface area contributed by atoms with Gasteiger partial charge >= 0.3 is 0 Å². The summed E-state index contributed by atoms with van der Waals surface area (Å²) in [7, 11) is 1.79. The van der Waals surface area contributed by atoms with Crippen molar-refractivity contribution in [2.24, 2.45) is 0 Å². The summed E-state index contributed by atoms with van der Waals surface area (Å²) in [5.41, 5.74) is 0. The van der Waals surface area contributed by atoms with Crippen molar-refractivity contribution in [3.63, 3.8) is 0 Å². The SMILES string of the molecule is CCCCCCCCCCc1cc2sc(Cc3sc4ccccc4c3OC)cc2s1. The van der Waals surface area contributed by atoms with Crippen LogP contribution < -0.4 is 4.74 Å². The molecule has 3 heterocycles. The van der Waals surface area contributed by atoms with E-state index in [2.05, 4.69) is 43.3 Å². The average molecular weight is 457 g/mol. The maximum Gasteiger partial charge on any atom is 0.140 e. The number of rotatable bonds is 12. The van der Waals surface area contributed by atoms with E-state index in [0.29, 0.717) is 0 Å². The highest BCUT2D eigenvalue weighted by Crippen LogP contribution is 2.41. The molecule has 0 aliphatic rings. The van der Waals surface area contributed by atoms with Crippen LogP contribution >= 0.6 is 34.0 Å². The number of ether oxygens (including phenoxy) is 1. The average Bonchev–Trinajstić information content (AvgIpc) is 3.40. The predicted molar refractivity (Wildman–Crippen MR) is 137 cm³/mol. The Labute approximate surface area is 192 Å². The van der Waals surface area contributed by atoms with Gasteiger partial charge in [0.05, 0.1) is 12.0 Å². The van der Waals surface area contributed by atoms with Gasteiger partial charge in [0.15, 0.2) is 0 Å². The van der Waals surface area contributed by atoms with Crippen molar-refractivity contribution >= 4 is 53.5 Å². The molecule has 0 saturated carbocycles. The molecule has 0 N–H and O–H groups in total. The molecule has 1 nitrogen and oxygen atoms in total. The van der Waals surface area contributed by atoms with Gasteiger partial charge in [-0.1, -0.05) is 64.0 Å². The Morgan fingerprint density at radius 2 is 1.40 bits per heavy atom. The summed E-state index contributed by atoms with van der Waals surface area (Å²) in [6.45, 7) is 2.29. The first-order chi connectivity index (χ1) is 14.8. The molecule has 4 rings (SSSR count). The van der Waals surface area contributed by atoms with E-state index in [-0.39, 0.29) is 0 Å². The van der Waals surface area contributed by atoms with Crippen LogP contribution in [0.2, 0.25) is 0 Å². The number of fused-ring (bicyclic) bond motifs is 2. The number of thiophene rings is 3. The first-order valence-corrected chi connectivity index (χ1v) is 13.8. The molecule has 0 spiro atoms. The third-order valence-corrected chi connectivity index (χ3v) is 9.25. The lowest BCUT2D eigenvalue weighted by Gasteiger charge is -2.02. The first kappa shape index (κ1) is 21.9. The summed E-state index contributed by atoms with van der Waals surface area (Å²) in [6, 6.07) is 13.4. The minimum atomic E-state index is 0.974. The molecule has 4 aromatic rings. The molecule has 1 aromatic carbocycles. The number of aryl methyl sites for hydroxylation is 1. The minimum absolute atomic E-state index is 0.974. The molecule has 0 fully saturated rings. The Hall–Kier alpha value is -1.36. The second kappa shape index (κ2) is 10.8. The van der Waals surface area contributed by atoms with Gasteiger partial charge in [-0.05, 0) is 37.1 Å². The summed E-state index contributed by atoms with van der Waals surface area (Å²) in [6.07, 6.45) is 13.4. The van der Waals surface area contributed by atoms with E-state index >= 15 is 0 Å². The van der Waals surface area contributed by atoms with E-state index in [1.165, 1.54) is 87.0 Å². The molecule has 0 aliphatic heterocycles. The van der Waals surface area contributed by atoms with Crippen molar-refractivity contribution in [2.45, 2.75) is 71.1 Å². The molecule has 160 valence electrons. The molecule has 0 amide bonds. The third-order valence-electron chi connectivity index (χ3n) is 5.74. The zero-order valence-corrected chi connectivity index (χ0v) is 20.6. The third kappa shape index (κ3) is 5.27. The molecule has 30 heavy (non-hydrogen) atoms. The van der Waals surface area contributed by atoms with Crippen LogP contribution in [0, 0.1) is 0 Å². The minimum Gasteiger partial charge on any atom is -0.495 e. The largest absolute Gasteiger partial charge is 0.495 e. The summed E-state index contributed by atoms with van der Waals surface area (Å²) in [5, 5.41) is 1.24. The Bertz CT molecular complexity index is 1040. The fourth-order valence-corrected chi connectivity index (χ4v) is 7.94. The Morgan fingerprint density at radius 1 is 0.733 bits per heavy atom. The molecule has 0 atom stereocenters. The molecule has 0 saturated heterocycles. The molecular weight excluding hydrogens is 424 g/mol. The fourth-order valence-electron chi connectivity index (χ4n) is 4.15. The molecule has 0 bridgehead atoms. The normalized spacial score (nSPS) is 11.7. The Kier molecular flexibility index (Phi) is 7.86. The quantitative estimate of drug-likeness (QED) is 0.193. The lowest BCUT2D eigenvalue weighted by molar-refractivity contribution is 0.418.